The summed E-state index contributed by atoms with van der Waals surface area (Å²) in [5.74, 6) is 0. The van der Waals surface area contributed by atoms with Gasteiger partial charge >= 0.3 is 0 Å². The molecule has 0 fully saturated rings. The zero-order chi connectivity index (χ0) is 18.8. The van der Waals surface area contributed by atoms with Crippen molar-refractivity contribution in [3.8, 4) is 0 Å². The highest BCUT2D eigenvalue weighted by molar-refractivity contribution is 7.93. The van der Waals surface area contributed by atoms with E-state index in [1.165, 1.54) is 43.3 Å². The Morgan fingerprint density at radius 3 is 2.04 bits per heavy atom. The van der Waals surface area contributed by atoms with Gasteiger partial charge in [0.25, 0.3) is 15.7 Å². The molecule has 0 aliphatic carbocycles. The Bertz CT molecular complexity index is 1030. The Hall–Kier alpha value is -2.66. The zero-order valence-electron chi connectivity index (χ0n) is 13.3. The van der Waals surface area contributed by atoms with Crippen LogP contribution in [0.15, 0.2) is 47.4 Å². The predicted octanol–water partition coefficient (Wildman–Crippen LogP) is 2.08. The first-order chi connectivity index (χ1) is 11.5. The third-order valence-electron chi connectivity index (χ3n) is 3.14. The number of nitro groups is 1. The lowest BCUT2D eigenvalue weighted by molar-refractivity contribution is -0.385. The maximum Gasteiger partial charge on any atom is 0.270 e. The first kappa shape index (κ1) is 18.7. The van der Waals surface area contributed by atoms with Crippen molar-refractivity contribution in [2.75, 3.05) is 15.7 Å². The molecule has 0 radical (unpaired) electrons. The SMILES string of the molecule is Cc1ccc([N+](=O)[O-])cc1S(=O)(=O)Nc1ccccc1NS(C)(=O)=O. The van der Waals surface area contributed by atoms with E-state index in [0.717, 1.165) is 12.3 Å². The number of anilines is 2. The van der Waals surface area contributed by atoms with Crippen LogP contribution in [-0.4, -0.2) is 28.0 Å². The first-order valence-corrected chi connectivity index (χ1v) is 10.2. The van der Waals surface area contributed by atoms with Crippen LogP contribution in [0.5, 0.6) is 0 Å². The fourth-order valence-electron chi connectivity index (χ4n) is 2.05. The first-order valence-electron chi connectivity index (χ1n) is 6.84. The number of hydrogen-bond acceptors (Lipinski definition) is 6. The second-order valence-corrected chi connectivity index (χ2v) is 8.63. The van der Waals surface area contributed by atoms with Gasteiger partial charge in [-0.3, -0.25) is 19.6 Å². The van der Waals surface area contributed by atoms with Crippen molar-refractivity contribution in [1.82, 2.24) is 0 Å². The third kappa shape index (κ3) is 4.67. The van der Waals surface area contributed by atoms with Crippen LogP contribution in [0, 0.1) is 17.0 Å². The third-order valence-corrected chi connectivity index (χ3v) is 5.24. The molecule has 2 rings (SSSR count). The molecule has 11 heteroatoms. The predicted molar refractivity (Wildman–Crippen MR) is 93.6 cm³/mol. The number of nitrogens with zero attached hydrogens (tertiary/aromatic N) is 1. The van der Waals surface area contributed by atoms with Crippen LogP contribution in [0.2, 0.25) is 0 Å². The number of aryl methyl sites for hydroxylation is 1. The van der Waals surface area contributed by atoms with E-state index in [2.05, 4.69) is 9.44 Å². The molecule has 0 amide bonds. The lowest BCUT2D eigenvalue weighted by atomic mass is 10.2. The molecule has 134 valence electrons. The van der Waals surface area contributed by atoms with Gasteiger partial charge in [0.2, 0.25) is 10.0 Å². The lowest BCUT2D eigenvalue weighted by Gasteiger charge is -2.14. The highest BCUT2D eigenvalue weighted by atomic mass is 32.2. The maximum atomic E-state index is 12.6. The van der Waals surface area contributed by atoms with Crippen LogP contribution in [0.25, 0.3) is 0 Å². The van der Waals surface area contributed by atoms with Gasteiger partial charge in [-0.15, -0.1) is 0 Å². The lowest BCUT2D eigenvalue weighted by Crippen LogP contribution is -2.17. The summed E-state index contributed by atoms with van der Waals surface area (Å²) in [5, 5.41) is 10.9. The molecule has 9 nitrogen and oxygen atoms in total. The molecule has 0 aliphatic rings. The molecule has 0 spiro atoms. The van der Waals surface area contributed by atoms with Gasteiger partial charge < -0.3 is 0 Å². The summed E-state index contributed by atoms with van der Waals surface area (Å²) >= 11 is 0. The van der Waals surface area contributed by atoms with E-state index in [4.69, 9.17) is 0 Å². The topological polar surface area (TPSA) is 135 Å². The number of nitro benzene ring substituents is 1. The van der Waals surface area contributed by atoms with Crippen molar-refractivity contribution >= 4 is 37.1 Å². The van der Waals surface area contributed by atoms with Gasteiger partial charge in [0.05, 0.1) is 27.4 Å². The van der Waals surface area contributed by atoms with Gasteiger partial charge in [-0.2, -0.15) is 0 Å². The fraction of sp³-hybridized carbons (Fsp3) is 0.143. The summed E-state index contributed by atoms with van der Waals surface area (Å²) in [6.45, 7) is 1.50. The highest BCUT2D eigenvalue weighted by Gasteiger charge is 2.22. The molecule has 0 heterocycles. The van der Waals surface area contributed by atoms with E-state index in [1.54, 1.807) is 0 Å². The van der Waals surface area contributed by atoms with E-state index >= 15 is 0 Å². The minimum Gasteiger partial charge on any atom is -0.282 e. The summed E-state index contributed by atoms with van der Waals surface area (Å²) in [5.41, 5.74) is -0.0179. The summed E-state index contributed by atoms with van der Waals surface area (Å²) in [4.78, 5) is 9.91. The Labute approximate surface area is 144 Å². The summed E-state index contributed by atoms with van der Waals surface area (Å²) < 4.78 is 52.5. The molecule has 2 aromatic carbocycles. The van der Waals surface area contributed by atoms with Crippen LogP contribution in [-0.2, 0) is 20.0 Å². The van der Waals surface area contributed by atoms with Gasteiger partial charge in [0.15, 0.2) is 0 Å². The van der Waals surface area contributed by atoms with Crippen LogP contribution >= 0.6 is 0 Å². The van der Waals surface area contributed by atoms with E-state index in [9.17, 15) is 26.9 Å². The van der Waals surface area contributed by atoms with E-state index < -0.39 is 25.0 Å². The van der Waals surface area contributed by atoms with Crippen molar-refractivity contribution in [1.29, 1.82) is 0 Å². The van der Waals surface area contributed by atoms with Crippen LogP contribution in [0.1, 0.15) is 5.56 Å². The quantitative estimate of drug-likeness (QED) is 0.577. The molecule has 0 saturated carbocycles. The molecule has 2 aromatic rings. The second kappa shape index (κ2) is 6.69. The van der Waals surface area contributed by atoms with Crippen LogP contribution in [0.4, 0.5) is 17.1 Å². The minimum atomic E-state index is -4.17. The van der Waals surface area contributed by atoms with Gasteiger partial charge in [-0.25, -0.2) is 16.8 Å². The number of non-ortho nitro benzene ring substituents is 1. The van der Waals surface area contributed by atoms with Gasteiger partial charge in [0, 0.05) is 12.1 Å². The Morgan fingerprint density at radius 1 is 0.960 bits per heavy atom. The summed E-state index contributed by atoms with van der Waals surface area (Å²) in [6.07, 6.45) is 0.934. The van der Waals surface area contributed by atoms with E-state index in [0.29, 0.717) is 5.56 Å². The largest absolute Gasteiger partial charge is 0.282 e. The van der Waals surface area contributed by atoms with Crippen LogP contribution in [0.3, 0.4) is 0 Å². The van der Waals surface area contributed by atoms with E-state index in [1.807, 2.05) is 0 Å². The molecule has 0 bridgehead atoms. The average Bonchev–Trinajstić information content (AvgIpc) is 2.47. The Morgan fingerprint density at radius 2 is 1.52 bits per heavy atom. The maximum absolute atomic E-state index is 12.6. The molecular weight excluding hydrogens is 370 g/mol. The Kier molecular flexibility index (Phi) is 4.99. The standard InChI is InChI=1S/C14H15N3O6S2/c1-10-7-8-11(17(18)19)9-14(10)25(22,23)16-13-6-4-3-5-12(13)15-24(2,20)21/h3-9,15-16H,1-2H3. The fourth-order valence-corrected chi connectivity index (χ4v) is 3.98. The number of rotatable bonds is 6. The van der Waals surface area contributed by atoms with E-state index in [-0.39, 0.29) is 22.0 Å². The van der Waals surface area contributed by atoms with Crippen molar-refractivity contribution in [3.63, 3.8) is 0 Å². The monoisotopic (exact) mass is 385 g/mol. The van der Waals surface area contributed by atoms with Gasteiger partial charge in [0.1, 0.15) is 0 Å². The number of hydrogen-bond donors (Lipinski definition) is 2. The molecule has 0 unspecified atom stereocenters. The summed E-state index contributed by atoms with van der Waals surface area (Å²) in [7, 11) is -7.79. The number of nitrogens with one attached hydrogen (secondary N) is 2. The van der Waals surface area contributed by atoms with Crippen LogP contribution < -0.4 is 9.44 Å². The van der Waals surface area contributed by atoms with Crippen molar-refractivity contribution in [3.05, 3.63) is 58.1 Å². The second-order valence-electron chi connectivity index (χ2n) is 5.23. The van der Waals surface area contributed by atoms with Crippen molar-refractivity contribution in [2.24, 2.45) is 0 Å². The number of benzene rings is 2. The molecule has 0 saturated heterocycles. The molecule has 0 aliphatic heterocycles. The molecule has 25 heavy (non-hydrogen) atoms. The van der Waals surface area contributed by atoms with Crippen molar-refractivity contribution < 1.29 is 21.8 Å². The molecule has 0 aromatic heterocycles. The van der Waals surface area contributed by atoms with Crippen molar-refractivity contribution in [2.45, 2.75) is 11.8 Å². The summed E-state index contributed by atoms with van der Waals surface area (Å²) in [6, 6.07) is 9.29. The normalized spacial score (nSPS) is 11.8. The zero-order valence-corrected chi connectivity index (χ0v) is 14.9. The number of sulfonamides is 2. The molecule has 2 N–H and O–H groups in total. The average molecular weight is 385 g/mol. The minimum absolute atomic E-state index is 0.00108. The smallest absolute Gasteiger partial charge is 0.270 e. The number of para-hydroxylation sites is 2. The van der Waals surface area contributed by atoms with Gasteiger partial charge in [-0.1, -0.05) is 18.2 Å². The Balaban J connectivity index is 2.47. The molecular formula is C14H15N3O6S2. The molecule has 0 atom stereocenters. The highest BCUT2D eigenvalue weighted by Crippen LogP contribution is 2.28. The van der Waals surface area contributed by atoms with Gasteiger partial charge in [-0.05, 0) is 24.6 Å².